The van der Waals surface area contributed by atoms with Crippen molar-refractivity contribution in [3.05, 3.63) is 47.9 Å². The van der Waals surface area contributed by atoms with Gasteiger partial charge in [0.05, 0.1) is 11.3 Å². The van der Waals surface area contributed by atoms with Gasteiger partial charge in [0.25, 0.3) is 0 Å². The van der Waals surface area contributed by atoms with E-state index in [-0.39, 0.29) is 17.8 Å². The number of alkyl halides is 3. The normalized spacial score (nSPS) is 11.6. The van der Waals surface area contributed by atoms with E-state index in [1.54, 1.807) is 0 Å². The van der Waals surface area contributed by atoms with Crippen molar-refractivity contribution < 1.29 is 13.2 Å². The van der Waals surface area contributed by atoms with Crippen molar-refractivity contribution in [3.63, 3.8) is 0 Å². The first-order chi connectivity index (χ1) is 8.54. The summed E-state index contributed by atoms with van der Waals surface area (Å²) in [4.78, 5) is 7.66. The van der Waals surface area contributed by atoms with E-state index < -0.39 is 11.7 Å². The van der Waals surface area contributed by atoms with Crippen LogP contribution in [0.3, 0.4) is 0 Å². The maximum atomic E-state index is 12.9. The molecule has 1 aromatic heterocycles. The molecule has 0 amide bonds. The molecule has 6 heteroatoms. The standard InChI is InChI=1S/C12H10F3N3/c13-12(14,15)10-4-2-1-3-9(10)11-8(5-16)6-17-7-18-11/h1-4,6-7H,5,16H2. The van der Waals surface area contributed by atoms with E-state index in [1.165, 1.54) is 30.7 Å². The number of halogens is 3. The lowest BCUT2D eigenvalue weighted by Crippen LogP contribution is -2.09. The summed E-state index contributed by atoms with van der Waals surface area (Å²) < 4.78 is 38.7. The van der Waals surface area contributed by atoms with E-state index in [1.807, 2.05) is 0 Å². The Hall–Kier alpha value is -1.95. The van der Waals surface area contributed by atoms with Crippen LogP contribution in [-0.4, -0.2) is 9.97 Å². The molecule has 0 saturated heterocycles. The van der Waals surface area contributed by atoms with Crippen LogP contribution in [0.5, 0.6) is 0 Å². The van der Waals surface area contributed by atoms with E-state index in [2.05, 4.69) is 9.97 Å². The van der Waals surface area contributed by atoms with Crippen LogP contribution < -0.4 is 5.73 Å². The lowest BCUT2D eigenvalue weighted by atomic mass is 10.0. The SMILES string of the molecule is NCc1cncnc1-c1ccccc1C(F)(F)F. The summed E-state index contributed by atoms with van der Waals surface area (Å²) in [6.07, 6.45) is -1.79. The Morgan fingerprint density at radius 2 is 1.89 bits per heavy atom. The highest BCUT2D eigenvalue weighted by molar-refractivity contribution is 5.67. The van der Waals surface area contributed by atoms with Crippen molar-refractivity contribution in [2.24, 2.45) is 5.73 Å². The molecule has 0 aliphatic rings. The molecule has 0 saturated carbocycles. The quantitative estimate of drug-likeness (QED) is 0.895. The van der Waals surface area contributed by atoms with Gasteiger partial charge in [0.15, 0.2) is 0 Å². The van der Waals surface area contributed by atoms with E-state index >= 15 is 0 Å². The topological polar surface area (TPSA) is 51.8 Å². The Kier molecular flexibility index (Phi) is 3.29. The summed E-state index contributed by atoms with van der Waals surface area (Å²) in [6.45, 7) is 0.0857. The first kappa shape index (κ1) is 12.5. The molecule has 2 aromatic rings. The van der Waals surface area contributed by atoms with Gasteiger partial charge in [0.1, 0.15) is 6.33 Å². The van der Waals surface area contributed by atoms with Gasteiger partial charge in [0, 0.05) is 23.9 Å². The van der Waals surface area contributed by atoms with Crippen LogP contribution in [0, 0.1) is 0 Å². The fourth-order valence-corrected chi connectivity index (χ4v) is 1.69. The van der Waals surface area contributed by atoms with E-state index in [0.29, 0.717) is 5.56 Å². The highest BCUT2D eigenvalue weighted by Gasteiger charge is 2.34. The van der Waals surface area contributed by atoms with Crippen molar-refractivity contribution in [1.29, 1.82) is 0 Å². The zero-order valence-electron chi connectivity index (χ0n) is 9.28. The summed E-state index contributed by atoms with van der Waals surface area (Å²) in [7, 11) is 0. The monoisotopic (exact) mass is 253 g/mol. The number of hydrogen-bond donors (Lipinski definition) is 1. The Morgan fingerprint density at radius 3 is 2.56 bits per heavy atom. The van der Waals surface area contributed by atoms with Crippen molar-refractivity contribution in [2.75, 3.05) is 0 Å². The second-order valence-electron chi connectivity index (χ2n) is 3.64. The highest BCUT2D eigenvalue weighted by Crippen LogP contribution is 2.36. The van der Waals surface area contributed by atoms with Gasteiger partial charge >= 0.3 is 6.18 Å². The van der Waals surface area contributed by atoms with Gasteiger partial charge in [-0.15, -0.1) is 0 Å². The fraction of sp³-hybridized carbons (Fsp3) is 0.167. The lowest BCUT2D eigenvalue weighted by Gasteiger charge is -2.13. The molecule has 2 N–H and O–H groups in total. The van der Waals surface area contributed by atoms with Crippen LogP contribution in [0.2, 0.25) is 0 Å². The Balaban J connectivity index is 2.65. The minimum atomic E-state index is -4.42. The molecule has 2 rings (SSSR count). The molecule has 0 fully saturated rings. The van der Waals surface area contributed by atoms with Crippen LogP contribution in [-0.2, 0) is 12.7 Å². The average Bonchev–Trinajstić information content (AvgIpc) is 2.37. The second-order valence-corrected chi connectivity index (χ2v) is 3.64. The number of benzene rings is 1. The molecule has 0 aliphatic carbocycles. The zero-order chi connectivity index (χ0) is 13.2. The highest BCUT2D eigenvalue weighted by atomic mass is 19.4. The first-order valence-electron chi connectivity index (χ1n) is 5.19. The van der Waals surface area contributed by atoms with E-state index in [9.17, 15) is 13.2 Å². The Morgan fingerprint density at radius 1 is 1.17 bits per heavy atom. The number of aromatic nitrogens is 2. The Labute approximate surface area is 101 Å². The third kappa shape index (κ3) is 2.33. The van der Waals surface area contributed by atoms with E-state index in [0.717, 1.165) is 6.07 Å². The van der Waals surface area contributed by atoms with E-state index in [4.69, 9.17) is 5.73 Å². The molecule has 0 radical (unpaired) electrons. The molecule has 0 spiro atoms. The molecular weight excluding hydrogens is 243 g/mol. The van der Waals surface area contributed by atoms with Gasteiger partial charge in [-0.05, 0) is 6.07 Å². The molecule has 3 nitrogen and oxygen atoms in total. The number of nitrogens with zero attached hydrogens (tertiary/aromatic N) is 2. The minimum absolute atomic E-state index is 0.0212. The van der Waals surface area contributed by atoms with Gasteiger partial charge in [-0.3, -0.25) is 0 Å². The van der Waals surface area contributed by atoms with Crippen LogP contribution >= 0.6 is 0 Å². The predicted octanol–water partition coefficient (Wildman–Crippen LogP) is 2.62. The molecule has 94 valence electrons. The molecule has 0 bridgehead atoms. The van der Waals surface area contributed by atoms with Crippen molar-refractivity contribution >= 4 is 0 Å². The molecule has 18 heavy (non-hydrogen) atoms. The van der Waals surface area contributed by atoms with Crippen LogP contribution in [0.1, 0.15) is 11.1 Å². The molecule has 1 aromatic carbocycles. The summed E-state index contributed by atoms with van der Waals surface area (Å²) in [6, 6.07) is 5.28. The van der Waals surface area contributed by atoms with Crippen LogP contribution in [0.4, 0.5) is 13.2 Å². The van der Waals surface area contributed by atoms with Gasteiger partial charge in [0.2, 0.25) is 0 Å². The number of nitrogens with two attached hydrogens (primary N) is 1. The van der Waals surface area contributed by atoms with Gasteiger partial charge in [-0.1, -0.05) is 18.2 Å². The maximum absolute atomic E-state index is 12.9. The lowest BCUT2D eigenvalue weighted by molar-refractivity contribution is -0.137. The number of rotatable bonds is 2. The Bertz CT molecular complexity index is 552. The van der Waals surface area contributed by atoms with Gasteiger partial charge < -0.3 is 5.73 Å². The summed E-state index contributed by atoms with van der Waals surface area (Å²) in [5.41, 5.74) is 5.49. The fourth-order valence-electron chi connectivity index (χ4n) is 1.69. The van der Waals surface area contributed by atoms with Gasteiger partial charge in [-0.25, -0.2) is 9.97 Å². The molecule has 0 aliphatic heterocycles. The summed E-state index contributed by atoms with van der Waals surface area (Å²) in [5.74, 6) is 0. The third-order valence-corrected chi connectivity index (χ3v) is 2.50. The maximum Gasteiger partial charge on any atom is 0.417 e. The van der Waals surface area contributed by atoms with Crippen molar-refractivity contribution in [1.82, 2.24) is 9.97 Å². The smallest absolute Gasteiger partial charge is 0.326 e. The predicted molar refractivity (Wildman–Crippen MR) is 60.4 cm³/mol. The molecule has 0 unspecified atom stereocenters. The second kappa shape index (κ2) is 4.73. The van der Waals surface area contributed by atoms with Gasteiger partial charge in [-0.2, -0.15) is 13.2 Å². The molecular formula is C12H10F3N3. The van der Waals surface area contributed by atoms with Crippen molar-refractivity contribution in [2.45, 2.75) is 12.7 Å². The molecule has 0 atom stereocenters. The summed E-state index contributed by atoms with van der Waals surface area (Å²) >= 11 is 0. The van der Waals surface area contributed by atoms with Crippen molar-refractivity contribution in [3.8, 4) is 11.3 Å². The first-order valence-corrected chi connectivity index (χ1v) is 5.19. The molecule has 1 heterocycles. The van der Waals surface area contributed by atoms with Crippen LogP contribution in [0.15, 0.2) is 36.8 Å². The van der Waals surface area contributed by atoms with Crippen LogP contribution in [0.25, 0.3) is 11.3 Å². The third-order valence-electron chi connectivity index (χ3n) is 2.50. The summed E-state index contributed by atoms with van der Waals surface area (Å²) in [5, 5.41) is 0. The number of hydrogen-bond acceptors (Lipinski definition) is 3. The minimum Gasteiger partial charge on any atom is -0.326 e. The zero-order valence-corrected chi connectivity index (χ0v) is 9.28. The average molecular weight is 253 g/mol. The largest absolute Gasteiger partial charge is 0.417 e.